The Kier molecular flexibility index (Phi) is 4.59. The average Bonchev–Trinajstić information content (AvgIpc) is 2.51. The molecular weight excluding hydrogens is 184 g/mol. The Morgan fingerprint density at radius 2 is 2.54 bits per heavy atom. The Labute approximate surface area is 83.8 Å². The van der Waals surface area contributed by atoms with Gasteiger partial charge < -0.3 is 11.1 Å². The molecule has 1 amide bonds. The zero-order valence-electron chi connectivity index (χ0n) is 8.08. The molecule has 1 aliphatic rings. The second-order valence-corrected chi connectivity index (χ2v) is 4.86. The largest absolute Gasteiger partial charge is 0.370 e. The lowest BCUT2D eigenvalue weighted by Gasteiger charge is -2.14. The molecule has 0 aliphatic carbocycles. The molecule has 3 nitrogen and oxygen atoms in total. The fourth-order valence-corrected chi connectivity index (χ4v) is 2.77. The number of amides is 1. The number of nitrogens with two attached hydrogens (primary N) is 1. The third kappa shape index (κ3) is 4.52. The van der Waals surface area contributed by atoms with Gasteiger partial charge in [-0.15, -0.1) is 0 Å². The van der Waals surface area contributed by atoms with E-state index in [0.29, 0.717) is 6.42 Å². The number of primary amides is 1. The van der Waals surface area contributed by atoms with Crippen molar-refractivity contribution < 1.29 is 4.79 Å². The van der Waals surface area contributed by atoms with E-state index < -0.39 is 0 Å². The van der Waals surface area contributed by atoms with Crippen LogP contribution in [0.15, 0.2) is 0 Å². The summed E-state index contributed by atoms with van der Waals surface area (Å²) in [4.78, 5) is 10.6. The first-order valence-corrected chi connectivity index (χ1v) is 5.93. The molecule has 0 aromatic heterocycles. The third-order valence-electron chi connectivity index (χ3n) is 2.29. The molecule has 2 atom stereocenters. The third-order valence-corrected chi connectivity index (χ3v) is 3.52. The van der Waals surface area contributed by atoms with Gasteiger partial charge in [0.15, 0.2) is 0 Å². The van der Waals surface area contributed by atoms with Crippen molar-refractivity contribution in [2.24, 2.45) is 11.7 Å². The highest BCUT2D eigenvalue weighted by atomic mass is 32.2. The molecule has 1 rings (SSSR count). The van der Waals surface area contributed by atoms with Gasteiger partial charge in [-0.3, -0.25) is 4.79 Å². The summed E-state index contributed by atoms with van der Waals surface area (Å²) in [5, 5.41) is 3.34. The van der Waals surface area contributed by atoms with Crippen LogP contribution in [0.4, 0.5) is 0 Å². The summed E-state index contributed by atoms with van der Waals surface area (Å²) in [5.41, 5.74) is 5.09. The van der Waals surface area contributed by atoms with Crippen LogP contribution in [0.2, 0.25) is 0 Å². The first kappa shape index (κ1) is 10.9. The lowest BCUT2D eigenvalue weighted by molar-refractivity contribution is -0.118. The quantitative estimate of drug-likeness (QED) is 0.686. The molecule has 0 aromatic carbocycles. The number of hydrogen-bond donors (Lipinski definition) is 2. The van der Waals surface area contributed by atoms with E-state index in [4.69, 9.17) is 5.73 Å². The Morgan fingerprint density at radius 3 is 3.08 bits per heavy atom. The number of rotatable bonds is 5. The Balaban J connectivity index is 2.06. The van der Waals surface area contributed by atoms with Crippen molar-refractivity contribution in [1.82, 2.24) is 5.32 Å². The van der Waals surface area contributed by atoms with E-state index in [1.165, 1.54) is 17.9 Å². The van der Waals surface area contributed by atoms with Crippen LogP contribution in [0, 0.1) is 5.92 Å². The zero-order chi connectivity index (χ0) is 9.68. The standard InChI is InChI=1S/C9H18N2OS/c1-7(4-9(10)12)11-5-8-2-3-13-6-8/h7-8,11H,2-6H2,1H3,(H2,10,12). The van der Waals surface area contributed by atoms with Crippen LogP contribution >= 0.6 is 11.8 Å². The molecular formula is C9H18N2OS. The molecule has 1 heterocycles. The zero-order valence-corrected chi connectivity index (χ0v) is 8.90. The van der Waals surface area contributed by atoms with Gasteiger partial charge in [-0.05, 0) is 37.3 Å². The molecule has 0 saturated carbocycles. The van der Waals surface area contributed by atoms with Gasteiger partial charge in [0.05, 0.1) is 0 Å². The number of nitrogens with one attached hydrogen (secondary N) is 1. The molecule has 0 radical (unpaired) electrons. The maximum Gasteiger partial charge on any atom is 0.218 e. The van der Waals surface area contributed by atoms with Gasteiger partial charge in [0.2, 0.25) is 5.91 Å². The normalized spacial score (nSPS) is 24.5. The Hall–Kier alpha value is -0.220. The second-order valence-electron chi connectivity index (χ2n) is 3.71. The molecule has 2 unspecified atom stereocenters. The van der Waals surface area contributed by atoms with Gasteiger partial charge in [-0.2, -0.15) is 11.8 Å². The fourth-order valence-electron chi connectivity index (χ4n) is 1.49. The number of hydrogen-bond acceptors (Lipinski definition) is 3. The molecule has 1 saturated heterocycles. The van der Waals surface area contributed by atoms with Crippen molar-refractivity contribution in [3.05, 3.63) is 0 Å². The second kappa shape index (κ2) is 5.50. The minimum Gasteiger partial charge on any atom is -0.370 e. The maximum atomic E-state index is 10.6. The maximum absolute atomic E-state index is 10.6. The lowest BCUT2D eigenvalue weighted by atomic mass is 10.1. The summed E-state index contributed by atoms with van der Waals surface area (Å²) >= 11 is 2.02. The van der Waals surface area contributed by atoms with E-state index in [9.17, 15) is 4.79 Å². The van der Waals surface area contributed by atoms with Crippen LogP contribution in [0.1, 0.15) is 19.8 Å². The molecule has 0 bridgehead atoms. The van der Waals surface area contributed by atoms with E-state index in [1.807, 2.05) is 18.7 Å². The van der Waals surface area contributed by atoms with E-state index in [0.717, 1.165) is 12.5 Å². The molecule has 3 N–H and O–H groups in total. The molecule has 13 heavy (non-hydrogen) atoms. The monoisotopic (exact) mass is 202 g/mol. The topological polar surface area (TPSA) is 55.1 Å². The summed E-state index contributed by atoms with van der Waals surface area (Å²) in [6.45, 7) is 3.04. The minimum atomic E-state index is -0.221. The number of carbonyl (C=O) groups excluding carboxylic acids is 1. The van der Waals surface area contributed by atoms with Gasteiger partial charge in [0.1, 0.15) is 0 Å². The van der Waals surface area contributed by atoms with Crippen molar-refractivity contribution in [2.75, 3.05) is 18.1 Å². The number of carbonyl (C=O) groups is 1. The SMILES string of the molecule is CC(CC(N)=O)NCC1CCSC1. The molecule has 76 valence electrons. The van der Waals surface area contributed by atoms with E-state index in [1.54, 1.807) is 0 Å². The summed E-state index contributed by atoms with van der Waals surface area (Å²) in [7, 11) is 0. The summed E-state index contributed by atoms with van der Waals surface area (Å²) in [6.07, 6.45) is 1.75. The minimum absolute atomic E-state index is 0.221. The lowest BCUT2D eigenvalue weighted by Crippen LogP contribution is -2.34. The summed E-state index contributed by atoms with van der Waals surface area (Å²) < 4.78 is 0. The van der Waals surface area contributed by atoms with E-state index in [2.05, 4.69) is 5.32 Å². The van der Waals surface area contributed by atoms with Crippen molar-refractivity contribution in [3.8, 4) is 0 Å². The summed E-state index contributed by atoms with van der Waals surface area (Å²) in [5.74, 6) is 3.12. The van der Waals surface area contributed by atoms with Crippen LogP contribution in [0.3, 0.4) is 0 Å². The molecule has 0 spiro atoms. The smallest absolute Gasteiger partial charge is 0.218 e. The Morgan fingerprint density at radius 1 is 1.77 bits per heavy atom. The number of thioether (sulfide) groups is 1. The summed E-state index contributed by atoms with van der Waals surface area (Å²) in [6, 6.07) is 0.225. The van der Waals surface area contributed by atoms with Crippen molar-refractivity contribution >= 4 is 17.7 Å². The highest BCUT2D eigenvalue weighted by Gasteiger charge is 2.16. The van der Waals surface area contributed by atoms with Gasteiger partial charge in [0, 0.05) is 12.5 Å². The predicted octanol–water partition coefficient (Wildman–Crippen LogP) is 0.593. The molecule has 1 fully saturated rings. The van der Waals surface area contributed by atoms with Crippen LogP contribution in [-0.4, -0.2) is 30.0 Å². The first-order valence-electron chi connectivity index (χ1n) is 4.78. The molecule has 4 heteroatoms. The van der Waals surface area contributed by atoms with E-state index >= 15 is 0 Å². The fraction of sp³-hybridized carbons (Fsp3) is 0.889. The van der Waals surface area contributed by atoms with Gasteiger partial charge >= 0.3 is 0 Å². The van der Waals surface area contributed by atoms with Crippen LogP contribution in [-0.2, 0) is 4.79 Å². The van der Waals surface area contributed by atoms with Gasteiger partial charge in [-0.1, -0.05) is 0 Å². The first-order chi connectivity index (χ1) is 6.18. The highest BCUT2D eigenvalue weighted by Crippen LogP contribution is 2.22. The van der Waals surface area contributed by atoms with Crippen LogP contribution in [0.5, 0.6) is 0 Å². The average molecular weight is 202 g/mol. The van der Waals surface area contributed by atoms with Crippen molar-refractivity contribution in [1.29, 1.82) is 0 Å². The Bertz CT molecular complexity index is 169. The van der Waals surface area contributed by atoms with Crippen LogP contribution < -0.4 is 11.1 Å². The van der Waals surface area contributed by atoms with Crippen LogP contribution in [0.25, 0.3) is 0 Å². The van der Waals surface area contributed by atoms with Gasteiger partial charge in [-0.25, -0.2) is 0 Å². The molecule has 0 aromatic rings. The van der Waals surface area contributed by atoms with Gasteiger partial charge in [0.25, 0.3) is 0 Å². The molecule has 1 aliphatic heterocycles. The van der Waals surface area contributed by atoms with E-state index in [-0.39, 0.29) is 11.9 Å². The highest BCUT2D eigenvalue weighted by molar-refractivity contribution is 7.99. The predicted molar refractivity (Wildman–Crippen MR) is 56.7 cm³/mol. The van der Waals surface area contributed by atoms with Crippen molar-refractivity contribution in [2.45, 2.75) is 25.8 Å². The van der Waals surface area contributed by atoms with Crippen molar-refractivity contribution in [3.63, 3.8) is 0 Å².